The van der Waals surface area contributed by atoms with Gasteiger partial charge in [-0.05, 0) is 6.42 Å². The number of hydrogen-bond acceptors (Lipinski definition) is 5. The molecule has 0 aromatic carbocycles. The number of rotatable bonds is 2. The Morgan fingerprint density at radius 2 is 1.72 bits per heavy atom. The van der Waals surface area contributed by atoms with Crippen molar-refractivity contribution in [2.45, 2.75) is 46.6 Å². The monoisotopic (exact) mass is 256 g/mol. The molecule has 18 heavy (non-hydrogen) atoms. The fourth-order valence-corrected chi connectivity index (χ4v) is 2.19. The Balaban J connectivity index is 0.000000771. The summed E-state index contributed by atoms with van der Waals surface area (Å²) in [4.78, 5) is 33.6. The van der Waals surface area contributed by atoms with E-state index in [9.17, 15) is 14.4 Å². The zero-order valence-corrected chi connectivity index (χ0v) is 11.3. The molecule has 2 fully saturated rings. The largest absolute Gasteiger partial charge is 0.462 e. The summed E-state index contributed by atoms with van der Waals surface area (Å²) < 4.78 is 9.65. The Labute approximate surface area is 107 Å². The Hall–Kier alpha value is -1.39. The molecule has 0 amide bonds. The standard InChI is InChI=1S/C11H14O5.C2H6/c1-5-3-9(12)15-8(5)4-7-6(2)10(13)16-11(7)14;1-2/h5-8H,3-4H2,1-2H3;1-2H3. The van der Waals surface area contributed by atoms with Crippen LogP contribution in [0.25, 0.3) is 0 Å². The van der Waals surface area contributed by atoms with Gasteiger partial charge in [0.25, 0.3) is 0 Å². The van der Waals surface area contributed by atoms with E-state index in [1.807, 2.05) is 20.8 Å². The van der Waals surface area contributed by atoms with Gasteiger partial charge in [0.05, 0.1) is 18.3 Å². The van der Waals surface area contributed by atoms with Crippen molar-refractivity contribution in [3.8, 4) is 0 Å². The molecule has 2 saturated heterocycles. The van der Waals surface area contributed by atoms with Gasteiger partial charge in [0, 0.05) is 5.92 Å². The van der Waals surface area contributed by atoms with Gasteiger partial charge in [0.1, 0.15) is 6.10 Å². The minimum atomic E-state index is -0.493. The van der Waals surface area contributed by atoms with Gasteiger partial charge >= 0.3 is 17.9 Å². The zero-order valence-electron chi connectivity index (χ0n) is 11.3. The van der Waals surface area contributed by atoms with Crippen LogP contribution in [0.5, 0.6) is 0 Å². The van der Waals surface area contributed by atoms with Gasteiger partial charge in [0.15, 0.2) is 0 Å². The first-order valence-corrected chi connectivity index (χ1v) is 6.44. The molecule has 2 aliphatic heterocycles. The fraction of sp³-hybridized carbons (Fsp3) is 0.769. The van der Waals surface area contributed by atoms with Crippen molar-refractivity contribution in [1.29, 1.82) is 0 Å². The lowest BCUT2D eigenvalue weighted by molar-refractivity contribution is -0.154. The van der Waals surface area contributed by atoms with Crippen LogP contribution < -0.4 is 0 Å². The summed E-state index contributed by atoms with van der Waals surface area (Å²) in [6.45, 7) is 7.57. The average Bonchev–Trinajstić information content (AvgIpc) is 2.76. The van der Waals surface area contributed by atoms with Crippen molar-refractivity contribution in [3.05, 3.63) is 0 Å². The third kappa shape index (κ3) is 2.89. The van der Waals surface area contributed by atoms with Crippen LogP contribution in [0.2, 0.25) is 0 Å². The molecule has 4 atom stereocenters. The SMILES string of the molecule is CC.CC1CC(=O)OC1CC1C(=O)OC(=O)C1C. The molecule has 0 saturated carbocycles. The quantitative estimate of drug-likeness (QED) is 0.555. The molecular weight excluding hydrogens is 236 g/mol. The molecule has 0 spiro atoms. The van der Waals surface area contributed by atoms with Crippen molar-refractivity contribution in [3.63, 3.8) is 0 Å². The van der Waals surface area contributed by atoms with Crippen molar-refractivity contribution >= 4 is 17.9 Å². The molecule has 5 nitrogen and oxygen atoms in total. The molecule has 0 aliphatic carbocycles. The van der Waals surface area contributed by atoms with Crippen LogP contribution in [-0.2, 0) is 23.9 Å². The van der Waals surface area contributed by atoms with Crippen molar-refractivity contribution in [2.75, 3.05) is 0 Å². The van der Waals surface area contributed by atoms with Gasteiger partial charge < -0.3 is 9.47 Å². The molecule has 2 rings (SSSR count). The summed E-state index contributed by atoms with van der Waals surface area (Å²) in [7, 11) is 0. The summed E-state index contributed by atoms with van der Waals surface area (Å²) in [5.74, 6) is -2.00. The molecule has 2 aliphatic rings. The van der Waals surface area contributed by atoms with E-state index in [0.29, 0.717) is 12.8 Å². The molecule has 0 aromatic rings. The number of carbonyl (C=O) groups is 3. The minimum absolute atomic E-state index is 0.100. The summed E-state index contributed by atoms with van der Waals surface area (Å²) in [5, 5.41) is 0. The van der Waals surface area contributed by atoms with Crippen LogP contribution in [0.15, 0.2) is 0 Å². The van der Waals surface area contributed by atoms with Crippen molar-refractivity contribution < 1.29 is 23.9 Å². The van der Waals surface area contributed by atoms with Crippen LogP contribution in [0.3, 0.4) is 0 Å². The highest BCUT2D eigenvalue weighted by Crippen LogP contribution is 2.33. The first kappa shape index (κ1) is 14.7. The van der Waals surface area contributed by atoms with Crippen molar-refractivity contribution in [1.82, 2.24) is 0 Å². The topological polar surface area (TPSA) is 69.7 Å². The molecule has 0 aromatic heterocycles. The summed E-state index contributed by atoms with van der Waals surface area (Å²) in [6.07, 6.45) is 0.506. The smallest absolute Gasteiger partial charge is 0.317 e. The van der Waals surface area contributed by atoms with Crippen LogP contribution >= 0.6 is 0 Å². The predicted molar refractivity (Wildman–Crippen MR) is 63.4 cm³/mol. The van der Waals surface area contributed by atoms with Gasteiger partial charge in [-0.3, -0.25) is 14.4 Å². The van der Waals surface area contributed by atoms with Crippen LogP contribution in [0.1, 0.15) is 40.5 Å². The van der Waals surface area contributed by atoms with Crippen molar-refractivity contribution in [2.24, 2.45) is 17.8 Å². The van der Waals surface area contributed by atoms with Gasteiger partial charge in [-0.2, -0.15) is 0 Å². The zero-order chi connectivity index (χ0) is 13.9. The molecule has 4 unspecified atom stereocenters. The number of hydrogen-bond donors (Lipinski definition) is 0. The van der Waals surface area contributed by atoms with Gasteiger partial charge in [-0.25, -0.2) is 0 Å². The molecule has 0 bridgehead atoms. The lowest BCUT2D eigenvalue weighted by Crippen LogP contribution is -2.24. The molecule has 102 valence electrons. The van der Waals surface area contributed by atoms with E-state index in [1.54, 1.807) is 6.92 Å². The molecule has 0 radical (unpaired) electrons. The highest BCUT2D eigenvalue weighted by Gasteiger charge is 2.45. The highest BCUT2D eigenvalue weighted by molar-refractivity contribution is 5.96. The van der Waals surface area contributed by atoms with Gasteiger partial charge in [-0.15, -0.1) is 0 Å². The molecular formula is C13H20O5. The second-order valence-corrected chi connectivity index (χ2v) is 4.58. The Kier molecular flexibility index (Phi) is 4.87. The van der Waals surface area contributed by atoms with Crippen LogP contribution in [0.4, 0.5) is 0 Å². The number of cyclic esters (lactones) is 3. The summed E-state index contributed by atoms with van der Waals surface area (Å²) >= 11 is 0. The maximum atomic E-state index is 11.4. The predicted octanol–water partition coefficient (Wildman–Crippen LogP) is 1.69. The van der Waals surface area contributed by atoms with E-state index >= 15 is 0 Å². The maximum Gasteiger partial charge on any atom is 0.317 e. The maximum absolute atomic E-state index is 11.4. The van der Waals surface area contributed by atoms with E-state index in [1.165, 1.54) is 0 Å². The van der Waals surface area contributed by atoms with Crippen LogP contribution in [0, 0.1) is 17.8 Å². The fourth-order valence-electron chi connectivity index (χ4n) is 2.19. The van der Waals surface area contributed by atoms with E-state index in [4.69, 9.17) is 4.74 Å². The first-order chi connectivity index (χ1) is 8.49. The number of carbonyl (C=O) groups excluding carboxylic acids is 3. The second kappa shape index (κ2) is 5.98. The van der Waals surface area contributed by atoms with Crippen LogP contribution in [-0.4, -0.2) is 24.0 Å². The average molecular weight is 256 g/mol. The third-order valence-corrected chi connectivity index (χ3v) is 3.37. The Morgan fingerprint density at radius 3 is 2.11 bits per heavy atom. The molecule has 5 heteroatoms. The lowest BCUT2D eigenvalue weighted by atomic mass is 9.87. The molecule has 2 heterocycles. The third-order valence-electron chi connectivity index (χ3n) is 3.37. The second-order valence-electron chi connectivity index (χ2n) is 4.58. The van der Waals surface area contributed by atoms with Gasteiger partial charge in [0.2, 0.25) is 0 Å². The van der Waals surface area contributed by atoms with E-state index in [-0.39, 0.29) is 18.0 Å². The lowest BCUT2D eigenvalue weighted by Gasteiger charge is -2.17. The van der Waals surface area contributed by atoms with E-state index in [0.717, 1.165) is 0 Å². The van der Waals surface area contributed by atoms with Gasteiger partial charge in [-0.1, -0.05) is 27.7 Å². The number of ether oxygens (including phenoxy) is 2. The first-order valence-electron chi connectivity index (χ1n) is 6.44. The van der Waals surface area contributed by atoms with E-state index < -0.39 is 23.8 Å². The molecule has 0 N–H and O–H groups in total. The highest BCUT2D eigenvalue weighted by atomic mass is 16.6. The summed E-state index contributed by atoms with van der Waals surface area (Å²) in [5.41, 5.74) is 0. The Morgan fingerprint density at radius 1 is 1.11 bits per heavy atom. The Bertz CT molecular complexity index is 349. The summed E-state index contributed by atoms with van der Waals surface area (Å²) in [6, 6.07) is 0. The normalized spacial score (nSPS) is 34.8. The van der Waals surface area contributed by atoms with E-state index in [2.05, 4.69) is 4.74 Å². The minimum Gasteiger partial charge on any atom is -0.462 e. The number of esters is 3.